The van der Waals surface area contributed by atoms with Gasteiger partial charge in [0.2, 0.25) is 0 Å². The number of hydrogen-bond acceptors (Lipinski definition) is 2. The number of halogens is 1. The van der Waals surface area contributed by atoms with Crippen molar-refractivity contribution in [1.82, 2.24) is 4.98 Å². The summed E-state index contributed by atoms with van der Waals surface area (Å²) in [5.74, 6) is 0.242. The van der Waals surface area contributed by atoms with Gasteiger partial charge < -0.3 is 4.74 Å². The van der Waals surface area contributed by atoms with Gasteiger partial charge in [0.1, 0.15) is 0 Å². The molecule has 1 aliphatic rings. The van der Waals surface area contributed by atoms with Crippen LogP contribution in [0.2, 0.25) is 0 Å². The highest BCUT2D eigenvalue weighted by Gasteiger charge is 2.18. The van der Waals surface area contributed by atoms with Crippen LogP contribution >= 0.6 is 0 Å². The molecular weight excluding hydrogens is 205 g/mol. The quantitative estimate of drug-likeness (QED) is 0.729. The Bertz CT molecular complexity index is 348. The van der Waals surface area contributed by atoms with Crippen molar-refractivity contribution in [1.29, 1.82) is 0 Å². The second kappa shape index (κ2) is 5.28. The average molecular weight is 223 g/mol. The minimum absolute atomic E-state index is 0.266. The van der Waals surface area contributed by atoms with E-state index in [0.717, 1.165) is 18.5 Å². The molecule has 0 atom stereocenters. The van der Waals surface area contributed by atoms with Gasteiger partial charge in [-0.05, 0) is 31.9 Å². The van der Waals surface area contributed by atoms with Gasteiger partial charge in [0.15, 0.2) is 5.75 Å². The summed E-state index contributed by atoms with van der Waals surface area (Å²) in [5, 5.41) is 0. The first-order chi connectivity index (χ1) is 7.81. The maximum Gasteiger partial charge on any atom is 0.255 e. The van der Waals surface area contributed by atoms with Crippen LogP contribution in [0.4, 0.5) is 4.39 Å². The predicted octanol–water partition coefficient (Wildman–Crippen LogP) is 3.67. The van der Waals surface area contributed by atoms with E-state index in [2.05, 4.69) is 4.98 Å². The normalized spacial score (nSPS) is 17.4. The molecule has 1 saturated carbocycles. The van der Waals surface area contributed by atoms with Gasteiger partial charge in [0, 0.05) is 11.6 Å². The topological polar surface area (TPSA) is 22.1 Å². The maximum atomic E-state index is 13.6. The van der Waals surface area contributed by atoms with Gasteiger partial charge in [-0.2, -0.15) is 4.39 Å². The molecule has 1 aromatic rings. The Balaban J connectivity index is 2.13. The smallest absolute Gasteiger partial charge is 0.255 e. The van der Waals surface area contributed by atoms with Crippen LogP contribution in [0.25, 0.3) is 0 Å². The lowest BCUT2D eigenvalue weighted by molar-refractivity contribution is 0.314. The third-order valence-corrected chi connectivity index (χ3v) is 3.16. The summed E-state index contributed by atoms with van der Waals surface area (Å²) in [4.78, 5) is 4.02. The predicted molar refractivity (Wildman–Crippen MR) is 61.2 cm³/mol. The Morgan fingerprint density at radius 2 is 2.06 bits per heavy atom. The first-order valence-electron chi connectivity index (χ1n) is 6.10. The van der Waals surface area contributed by atoms with Gasteiger partial charge in [0.05, 0.1) is 6.61 Å². The molecule has 1 fully saturated rings. The molecule has 0 N–H and O–H groups in total. The largest absolute Gasteiger partial charge is 0.489 e. The van der Waals surface area contributed by atoms with E-state index in [4.69, 9.17) is 4.74 Å². The van der Waals surface area contributed by atoms with Gasteiger partial charge in [0.25, 0.3) is 5.95 Å². The molecule has 2 rings (SSSR count). The lowest BCUT2D eigenvalue weighted by Crippen LogP contribution is -2.08. The molecule has 2 nitrogen and oxygen atoms in total. The van der Waals surface area contributed by atoms with Crippen LogP contribution in [-0.2, 0) is 0 Å². The van der Waals surface area contributed by atoms with E-state index in [1.807, 2.05) is 13.0 Å². The van der Waals surface area contributed by atoms with Crippen LogP contribution in [0.3, 0.4) is 0 Å². The van der Waals surface area contributed by atoms with E-state index in [1.54, 1.807) is 6.07 Å². The number of hydrogen-bond donors (Lipinski definition) is 0. The van der Waals surface area contributed by atoms with E-state index in [9.17, 15) is 4.39 Å². The second-order valence-electron chi connectivity index (χ2n) is 4.29. The SMILES string of the molecule is CCOc1ccc(C2CCCCC2)nc1F. The van der Waals surface area contributed by atoms with Crippen LogP contribution in [0.15, 0.2) is 12.1 Å². The maximum absolute atomic E-state index is 13.6. The zero-order valence-corrected chi connectivity index (χ0v) is 9.71. The highest BCUT2D eigenvalue weighted by atomic mass is 19.1. The third kappa shape index (κ3) is 2.52. The summed E-state index contributed by atoms with van der Waals surface area (Å²) in [6, 6.07) is 3.61. The molecule has 0 amide bonds. The monoisotopic (exact) mass is 223 g/mol. The standard InChI is InChI=1S/C13H18FNO/c1-2-16-12-9-8-11(15-13(12)14)10-6-4-3-5-7-10/h8-10H,2-7H2,1H3. The molecule has 16 heavy (non-hydrogen) atoms. The summed E-state index contributed by atoms with van der Waals surface area (Å²) in [6.45, 7) is 2.32. The Morgan fingerprint density at radius 3 is 2.69 bits per heavy atom. The molecule has 0 radical (unpaired) electrons. The molecule has 0 spiro atoms. The van der Waals surface area contributed by atoms with Crippen molar-refractivity contribution < 1.29 is 9.13 Å². The van der Waals surface area contributed by atoms with Crippen molar-refractivity contribution in [3.8, 4) is 5.75 Å². The highest BCUT2D eigenvalue weighted by molar-refractivity contribution is 5.23. The summed E-state index contributed by atoms with van der Waals surface area (Å²) < 4.78 is 18.7. The second-order valence-corrected chi connectivity index (χ2v) is 4.29. The fourth-order valence-electron chi connectivity index (χ4n) is 2.32. The van der Waals surface area contributed by atoms with Crippen LogP contribution in [0.5, 0.6) is 5.75 Å². The Labute approximate surface area is 95.8 Å². The Kier molecular flexibility index (Phi) is 3.75. The van der Waals surface area contributed by atoms with E-state index >= 15 is 0 Å². The van der Waals surface area contributed by atoms with Gasteiger partial charge in [-0.25, -0.2) is 4.98 Å². The fourth-order valence-corrected chi connectivity index (χ4v) is 2.32. The fraction of sp³-hybridized carbons (Fsp3) is 0.615. The first-order valence-corrected chi connectivity index (χ1v) is 6.10. The summed E-state index contributed by atoms with van der Waals surface area (Å²) in [7, 11) is 0. The van der Waals surface area contributed by atoms with Crippen LogP contribution < -0.4 is 4.74 Å². The van der Waals surface area contributed by atoms with Crippen molar-refractivity contribution in [2.45, 2.75) is 44.9 Å². The average Bonchev–Trinajstić information content (AvgIpc) is 2.33. The highest BCUT2D eigenvalue weighted by Crippen LogP contribution is 2.32. The molecule has 1 heterocycles. The molecular formula is C13H18FNO. The minimum Gasteiger partial charge on any atom is -0.489 e. The summed E-state index contributed by atoms with van der Waals surface area (Å²) >= 11 is 0. The third-order valence-electron chi connectivity index (χ3n) is 3.16. The molecule has 88 valence electrons. The van der Waals surface area contributed by atoms with Crippen molar-refractivity contribution in [3.63, 3.8) is 0 Å². The van der Waals surface area contributed by atoms with Gasteiger partial charge in [-0.3, -0.25) is 0 Å². The molecule has 0 aliphatic heterocycles. The Hall–Kier alpha value is -1.12. The number of pyridine rings is 1. The van der Waals surface area contributed by atoms with Crippen LogP contribution in [0.1, 0.15) is 50.6 Å². The van der Waals surface area contributed by atoms with Crippen molar-refractivity contribution in [2.75, 3.05) is 6.61 Å². The molecule has 1 aliphatic carbocycles. The zero-order chi connectivity index (χ0) is 11.4. The Morgan fingerprint density at radius 1 is 1.31 bits per heavy atom. The molecule has 1 aromatic heterocycles. The first kappa shape index (κ1) is 11.4. The lowest BCUT2D eigenvalue weighted by Gasteiger charge is -2.21. The number of rotatable bonds is 3. The van der Waals surface area contributed by atoms with Gasteiger partial charge >= 0.3 is 0 Å². The van der Waals surface area contributed by atoms with E-state index in [0.29, 0.717) is 12.5 Å². The van der Waals surface area contributed by atoms with E-state index in [-0.39, 0.29) is 5.75 Å². The molecule has 3 heteroatoms. The summed E-state index contributed by atoms with van der Waals surface area (Å²) in [5.41, 5.74) is 0.889. The number of ether oxygens (including phenoxy) is 1. The van der Waals surface area contributed by atoms with Crippen molar-refractivity contribution in [2.24, 2.45) is 0 Å². The molecule has 0 unspecified atom stereocenters. The number of nitrogens with zero attached hydrogens (tertiary/aromatic N) is 1. The zero-order valence-electron chi connectivity index (χ0n) is 9.71. The van der Waals surface area contributed by atoms with Crippen LogP contribution in [0, 0.1) is 5.95 Å². The van der Waals surface area contributed by atoms with Crippen LogP contribution in [-0.4, -0.2) is 11.6 Å². The molecule has 0 bridgehead atoms. The van der Waals surface area contributed by atoms with E-state index < -0.39 is 5.95 Å². The summed E-state index contributed by atoms with van der Waals surface area (Å²) in [6.07, 6.45) is 6.05. The number of aromatic nitrogens is 1. The van der Waals surface area contributed by atoms with Crippen molar-refractivity contribution >= 4 is 0 Å². The lowest BCUT2D eigenvalue weighted by atomic mass is 9.87. The van der Waals surface area contributed by atoms with Crippen molar-refractivity contribution in [3.05, 3.63) is 23.8 Å². The molecule has 0 saturated heterocycles. The van der Waals surface area contributed by atoms with E-state index in [1.165, 1.54) is 19.3 Å². The van der Waals surface area contributed by atoms with Gasteiger partial charge in [-0.1, -0.05) is 19.3 Å². The minimum atomic E-state index is -0.468. The molecule has 0 aromatic carbocycles. The van der Waals surface area contributed by atoms with Gasteiger partial charge in [-0.15, -0.1) is 0 Å².